The van der Waals surface area contributed by atoms with Gasteiger partial charge in [-0.2, -0.15) is 0 Å². The van der Waals surface area contributed by atoms with Gasteiger partial charge in [0.05, 0.1) is 5.56 Å². The van der Waals surface area contributed by atoms with Crippen molar-refractivity contribution in [2.24, 2.45) is 11.8 Å². The summed E-state index contributed by atoms with van der Waals surface area (Å²) in [5.74, 6) is 1.14. The zero-order valence-electron chi connectivity index (χ0n) is 10.6. The van der Waals surface area contributed by atoms with Crippen molar-refractivity contribution in [1.82, 2.24) is 0 Å². The van der Waals surface area contributed by atoms with Gasteiger partial charge < -0.3 is 4.74 Å². The summed E-state index contributed by atoms with van der Waals surface area (Å²) in [7, 11) is 0. The number of carbonyl (C=O) groups is 1. The molecular weight excluding hydrogens is 212 g/mol. The largest absolute Gasteiger partial charge is 0.459 e. The van der Waals surface area contributed by atoms with Crippen molar-refractivity contribution in [3.63, 3.8) is 0 Å². The molecule has 2 nitrogen and oxygen atoms in total. The van der Waals surface area contributed by atoms with Crippen LogP contribution in [0, 0.1) is 11.8 Å². The predicted molar refractivity (Wildman–Crippen MR) is 67.8 cm³/mol. The molecule has 0 spiro atoms. The Morgan fingerprint density at radius 3 is 2.24 bits per heavy atom. The molecule has 0 heterocycles. The third-order valence-corrected chi connectivity index (χ3v) is 3.42. The summed E-state index contributed by atoms with van der Waals surface area (Å²) in [6.45, 7) is 4.47. The molecule has 0 aromatic heterocycles. The molecule has 2 atom stereocenters. The number of esters is 1. The molecule has 1 fully saturated rings. The number of benzene rings is 1. The topological polar surface area (TPSA) is 26.3 Å². The maximum Gasteiger partial charge on any atom is 0.338 e. The first-order chi connectivity index (χ1) is 8.15. The van der Waals surface area contributed by atoms with Crippen LogP contribution in [0.15, 0.2) is 30.3 Å². The lowest BCUT2D eigenvalue weighted by atomic mass is 9.82. The molecule has 2 heteroatoms. The zero-order chi connectivity index (χ0) is 12.3. The smallest absolute Gasteiger partial charge is 0.338 e. The molecule has 0 radical (unpaired) electrons. The lowest BCUT2D eigenvalue weighted by Gasteiger charge is -2.31. The summed E-state index contributed by atoms with van der Waals surface area (Å²) < 4.78 is 5.58. The zero-order valence-corrected chi connectivity index (χ0v) is 10.6. The van der Waals surface area contributed by atoms with E-state index >= 15 is 0 Å². The van der Waals surface area contributed by atoms with Gasteiger partial charge >= 0.3 is 5.97 Å². The van der Waals surface area contributed by atoms with Gasteiger partial charge in [0.15, 0.2) is 0 Å². The lowest BCUT2D eigenvalue weighted by molar-refractivity contribution is 0.00806. The highest BCUT2D eigenvalue weighted by Gasteiger charge is 2.26. The third kappa shape index (κ3) is 3.32. The molecule has 92 valence electrons. The SMILES string of the molecule is CC1CC(C)CC(OC(=O)c2ccccc2)C1. The standard InChI is InChI=1S/C15H20O2/c1-11-8-12(2)10-14(9-11)17-15(16)13-6-4-3-5-7-13/h3-7,11-12,14H,8-10H2,1-2H3. The van der Waals surface area contributed by atoms with Crippen LogP contribution in [-0.2, 0) is 4.74 Å². The summed E-state index contributed by atoms with van der Waals surface area (Å²) in [6.07, 6.45) is 3.35. The summed E-state index contributed by atoms with van der Waals surface area (Å²) >= 11 is 0. The van der Waals surface area contributed by atoms with E-state index in [0.29, 0.717) is 17.4 Å². The second kappa shape index (κ2) is 5.35. The fraction of sp³-hybridized carbons (Fsp3) is 0.533. The van der Waals surface area contributed by atoms with E-state index in [1.165, 1.54) is 6.42 Å². The van der Waals surface area contributed by atoms with Gasteiger partial charge in [-0.15, -0.1) is 0 Å². The van der Waals surface area contributed by atoms with Crippen molar-refractivity contribution in [3.05, 3.63) is 35.9 Å². The van der Waals surface area contributed by atoms with Crippen LogP contribution in [0.25, 0.3) is 0 Å². The molecule has 1 aromatic carbocycles. The van der Waals surface area contributed by atoms with Crippen molar-refractivity contribution in [2.45, 2.75) is 39.2 Å². The Hall–Kier alpha value is -1.31. The van der Waals surface area contributed by atoms with Crippen LogP contribution in [0.5, 0.6) is 0 Å². The molecule has 0 bridgehead atoms. The van der Waals surface area contributed by atoms with Gasteiger partial charge in [0.1, 0.15) is 6.10 Å². The van der Waals surface area contributed by atoms with E-state index < -0.39 is 0 Å². The monoisotopic (exact) mass is 232 g/mol. The summed E-state index contributed by atoms with van der Waals surface area (Å²) in [6, 6.07) is 9.24. The Kier molecular flexibility index (Phi) is 3.82. The highest BCUT2D eigenvalue weighted by molar-refractivity contribution is 5.89. The molecule has 1 saturated carbocycles. The van der Waals surface area contributed by atoms with E-state index in [0.717, 1.165) is 12.8 Å². The predicted octanol–water partition coefficient (Wildman–Crippen LogP) is 3.67. The molecule has 0 amide bonds. The Bertz CT molecular complexity index is 362. The second-order valence-corrected chi connectivity index (χ2v) is 5.31. The van der Waals surface area contributed by atoms with Crippen LogP contribution < -0.4 is 0 Å². The van der Waals surface area contributed by atoms with Crippen LogP contribution >= 0.6 is 0 Å². The molecule has 0 aliphatic heterocycles. The number of carbonyl (C=O) groups excluding carboxylic acids is 1. The number of ether oxygens (including phenoxy) is 1. The molecule has 1 aliphatic rings. The van der Waals surface area contributed by atoms with Gasteiger partial charge in [-0.1, -0.05) is 32.0 Å². The minimum absolute atomic E-state index is 0.0986. The van der Waals surface area contributed by atoms with E-state index in [1.807, 2.05) is 18.2 Å². The Morgan fingerprint density at radius 1 is 1.06 bits per heavy atom. The quantitative estimate of drug-likeness (QED) is 0.727. The van der Waals surface area contributed by atoms with Crippen LogP contribution in [0.2, 0.25) is 0 Å². The molecular formula is C15H20O2. The summed E-state index contributed by atoms with van der Waals surface area (Å²) in [5.41, 5.74) is 0.651. The van der Waals surface area contributed by atoms with Crippen LogP contribution in [0.4, 0.5) is 0 Å². The average molecular weight is 232 g/mol. The number of hydrogen-bond acceptors (Lipinski definition) is 2. The van der Waals surface area contributed by atoms with Crippen molar-refractivity contribution in [1.29, 1.82) is 0 Å². The minimum Gasteiger partial charge on any atom is -0.459 e. The molecule has 17 heavy (non-hydrogen) atoms. The van der Waals surface area contributed by atoms with E-state index in [9.17, 15) is 4.79 Å². The highest BCUT2D eigenvalue weighted by atomic mass is 16.5. The van der Waals surface area contributed by atoms with Gasteiger partial charge in [-0.05, 0) is 43.2 Å². The van der Waals surface area contributed by atoms with Gasteiger partial charge in [0, 0.05) is 0 Å². The van der Waals surface area contributed by atoms with Gasteiger partial charge in [0.25, 0.3) is 0 Å². The van der Waals surface area contributed by atoms with Crippen LogP contribution in [0.1, 0.15) is 43.5 Å². The van der Waals surface area contributed by atoms with E-state index in [2.05, 4.69) is 13.8 Å². The van der Waals surface area contributed by atoms with E-state index in [1.54, 1.807) is 12.1 Å². The molecule has 2 rings (SSSR count). The molecule has 0 N–H and O–H groups in total. The first-order valence-corrected chi connectivity index (χ1v) is 6.41. The van der Waals surface area contributed by atoms with Crippen molar-refractivity contribution in [2.75, 3.05) is 0 Å². The van der Waals surface area contributed by atoms with Crippen LogP contribution in [0.3, 0.4) is 0 Å². The van der Waals surface area contributed by atoms with Crippen molar-refractivity contribution >= 4 is 5.97 Å². The molecule has 1 aromatic rings. The highest BCUT2D eigenvalue weighted by Crippen LogP contribution is 2.30. The average Bonchev–Trinajstić information content (AvgIpc) is 2.28. The maximum absolute atomic E-state index is 11.9. The number of hydrogen-bond donors (Lipinski definition) is 0. The Morgan fingerprint density at radius 2 is 1.65 bits per heavy atom. The third-order valence-electron chi connectivity index (χ3n) is 3.42. The number of rotatable bonds is 2. The summed E-state index contributed by atoms with van der Waals surface area (Å²) in [5, 5.41) is 0. The van der Waals surface area contributed by atoms with Gasteiger partial charge in [-0.3, -0.25) is 0 Å². The van der Waals surface area contributed by atoms with Gasteiger partial charge in [0.2, 0.25) is 0 Å². The molecule has 2 unspecified atom stereocenters. The van der Waals surface area contributed by atoms with Crippen LogP contribution in [-0.4, -0.2) is 12.1 Å². The molecule has 0 saturated heterocycles. The van der Waals surface area contributed by atoms with E-state index in [-0.39, 0.29) is 12.1 Å². The lowest BCUT2D eigenvalue weighted by Crippen LogP contribution is -2.28. The normalized spacial score (nSPS) is 28.7. The Labute approximate surface area is 103 Å². The van der Waals surface area contributed by atoms with E-state index in [4.69, 9.17) is 4.74 Å². The Balaban J connectivity index is 1.95. The molecule has 1 aliphatic carbocycles. The fourth-order valence-corrected chi connectivity index (χ4v) is 2.76. The van der Waals surface area contributed by atoms with Crippen molar-refractivity contribution in [3.8, 4) is 0 Å². The minimum atomic E-state index is -0.183. The fourth-order valence-electron chi connectivity index (χ4n) is 2.76. The first-order valence-electron chi connectivity index (χ1n) is 6.41. The second-order valence-electron chi connectivity index (χ2n) is 5.31. The van der Waals surface area contributed by atoms with Crippen molar-refractivity contribution < 1.29 is 9.53 Å². The maximum atomic E-state index is 11.9. The summed E-state index contributed by atoms with van der Waals surface area (Å²) in [4.78, 5) is 11.9. The first kappa shape index (κ1) is 12.2. The van der Waals surface area contributed by atoms with Gasteiger partial charge in [-0.25, -0.2) is 4.79 Å².